The van der Waals surface area contributed by atoms with Gasteiger partial charge < -0.3 is 10.8 Å². The fraction of sp³-hybridized carbons (Fsp3) is 1.00. The lowest BCUT2D eigenvalue weighted by atomic mass is 9.83. The quantitative estimate of drug-likeness (QED) is 0.642. The molecule has 0 radical (unpaired) electrons. The fourth-order valence-electron chi connectivity index (χ4n) is 1.78. The Bertz CT molecular complexity index is 128. The molecule has 0 aromatic rings. The maximum Gasteiger partial charge on any atom is 0.0710 e. The first kappa shape index (κ1) is 9.01. The zero-order valence-electron chi connectivity index (χ0n) is 7.51. The zero-order valence-corrected chi connectivity index (χ0v) is 7.51. The van der Waals surface area contributed by atoms with Gasteiger partial charge in [-0.25, -0.2) is 0 Å². The van der Waals surface area contributed by atoms with Crippen LogP contribution in [-0.2, 0) is 0 Å². The summed E-state index contributed by atoms with van der Waals surface area (Å²) in [5.74, 6) is 0.879. The molecule has 0 aromatic carbocycles. The van der Waals surface area contributed by atoms with E-state index in [2.05, 4.69) is 13.8 Å². The minimum absolute atomic E-state index is 0.346. The first-order chi connectivity index (χ1) is 5.11. The predicted molar refractivity (Wildman–Crippen MR) is 46.2 cm³/mol. The monoisotopic (exact) mass is 157 g/mol. The molecule has 1 saturated carbocycles. The van der Waals surface area contributed by atoms with Crippen LogP contribution >= 0.6 is 0 Å². The van der Waals surface area contributed by atoms with Crippen LogP contribution in [0, 0.1) is 11.8 Å². The van der Waals surface area contributed by atoms with E-state index >= 15 is 0 Å². The molecule has 1 aliphatic carbocycles. The van der Waals surface area contributed by atoms with E-state index in [1.165, 1.54) is 12.8 Å². The van der Waals surface area contributed by atoms with Crippen molar-refractivity contribution in [3.8, 4) is 0 Å². The summed E-state index contributed by atoms with van der Waals surface area (Å²) < 4.78 is 0. The van der Waals surface area contributed by atoms with Crippen molar-refractivity contribution >= 4 is 0 Å². The Kier molecular flexibility index (Phi) is 2.55. The normalized spacial score (nSPS) is 23.7. The van der Waals surface area contributed by atoms with Gasteiger partial charge in [0.2, 0.25) is 0 Å². The molecule has 0 bridgehead atoms. The van der Waals surface area contributed by atoms with E-state index in [4.69, 9.17) is 5.73 Å². The van der Waals surface area contributed by atoms with Crippen LogP contribution in [0.3, 0.4) is 0 Å². The molecule has 0 aromatic heterocycles. The van der Waals surface area contributed by atoms with Gasteiger partial charge in [-0.1, -0.05) is 13.8 Å². The second-order valence-electron chi connectivity index (χ2n) is 3.96. The molecule has 0 amide bonds. The van der Waals surface area contributed by atoms with Crippen molar-refractivity contribution in [1.82, 2.24) is 0 Å². The summed E-state index contributed by atoms with van der Waals surface area (Å²) >= 11 is 0. The van der Waals surface area contributed by atoms with Crippen molar-refractivity contribution in [2.75, 3.05) is 6.54 Å². The van der Waals surface area contributed by atoms with Crippen molar-refractivity contribution in [1.29, 1.82) is 0 Å². The lowest BCUT2D eigenvalue weighted by Gasteiger charge is -2.32. The molecule has 2 heteroatoms. The van der Waals surface area contributed by atoms with Gasteiger partial charge in [-0.05, 0) is 37.6 Å². The highest BCUT2D eigenvalue weighted by Gasteiger charge is 2.44. The molecule has 1 aliphatic rings. The fourth-order valence-corrected chi connectivity index (χ4v) is 1.78. The Balaban J connectivity index is 2.53. The molecular formula is C9H19NO. The summed E-state index contributed by atoms with van der Waals surface area (Å²) in [4.78, 5) is 0. The first-order valence-electron chi connectivity index (χ1n) is 4.53. The van der Waals surface area contributed by atoms with Gasteiger partial charge in [0.25, 0.3) is 0 Å². The third-order valence-electron chi connectivity index (χ3n) is 2.83. The van der Waals surface area contributed by atoms with Gasteiger partial charge in [-0.2, -0.15) is 0 Å². The number of rotatable bonds is 4. The number of hydrogen-bond donors (Lipinski definition) is 2. The van der Waals surface area contributed by atoms with Crippen LogP contribution in [0.2, 0.25) is 0 Å². The van der Waals surface area contributed by atoms with E-state index in [1.807, 2.05) is 0 Å². The molecule has 3 N–H and O–H groups in total. The van der Waals surface area contributed by atoms with Gasteiger partial charge >= 0.3 is 0 Å². The highest BCUT2D eigenvalue weighted by molar-refractivity contribution is 4.96. The number of hydrogen-bond acceptors (Lipinski definition) is 2. The highest BCUT2D eigenvalue weighted by atomic mass is 16.3. The second kappa shape index (κ2) is 3.11. The second-order valence-corrected chi connectivity index (χ2v) is 3.96. The third-order valence-corrected chi connectivity index (χ3v) is 2.83. The highest BCUT2D eigenvalue weighted by Crippen LogP contribution is 2.45. The summed E-state index contributed by atoms with van der Waals surface area (Å²) in [6.07, 6.45) is 3.14. The van der Waals surface area contributed by atoms with Crippen LogP contribution < -0.4 is 5.73 Å². The summed E-state index contributed by atoms with van der Waals surface area (Å²) in [6.45, 7) is 4.76. The molecule has 0 saturated heterocycles. The maximum atomic E-state index is 10.1. The van der Waals surface area contributed by atoms with Gasteiger partial charge in [-0.15, -0.1) is 0 Å². The van der Waals surface area contributed by atoms with Crippen LogP contribution in [0.15, 0.2) is 0 Å². The van der Waals surface area contributed by atoms with Crippen molar-refractivity contribution in [2.45, 2.75) is 38.7 Å². The molecule has 1 fully saturated rings. The van der Waals surface area contributed by atoms with Gasteiger partial charge in [0, 0.05) is 0 Å². The lowest BCUT2D eigenvalue weighted by Crippen LogP contribution is -2.39. The molecule has 1 rings (SSSR count). The van der Waals surface area contributed by atoms with Gasteiger partial charge in [0.1, 0.15) is 0 Å². The summed E-state index contributed by atoms with van der Waals surface area (Å²) in [6, 6.07) is 0. The first-order valence-corrected chi connectivity index (χ1v) is 4.53. The molecule has 66 valence electrons. The van der Waals surface area contributed by atoms with Crippen LogP contribution in [0.25, 0.3) is 0 Å². The Hall–Kier alpha value is -0.0800. The molecule has 1 unspecified atom stereocenters. The average molecular weight is 157 g/mol. The lowest BCUT2D eigenvalue weighted by molar-refractivity contribution is -0.0317. The Labute approximate surface area is 68.8 Å². The smallest absolute Gasteiger partial charge is 0.0710 e. The van der Waals surface area contributed by atoms with Gasteiger partial charge in [-0.3, -0.25) is 0 Å². The maximum absolute atomic E-state index is 10.1. The summed E-state index contributed by atoms with van der Waals surface area (Å²) in [5.41, 5.74) is 4.99. The molecule has 0 spiro atoms. The molecule has 1 atom stereocenters. The third kappa shape index (κ3) is 1.74. The largest absolute Gasteiger partial charge is 0.389 e. The zero-order chi connectivity index (χ0) is 8.48. The minimum Gasteiger partial charge on any atom is -0.389 e. The number of aliphatic hydroxyl groups is 1. The molecule has 11 heavy (non-hydrogen) atoms. The molecule has 0 heterocycles. The van der Waals surface area contributed by atoms with Crippen molar-refractivity contribution in [3.63, 3.8) is 0 Å². The molecule has 2 nitrogen and oxygen atoms in total. The van der Waals surface area contributed by atoms with Crippen molar-refractivity contribution < 1.29 is 5.11 Å². The topological polar surface area (TPSA) is 46.2 Å². The van der Waals surface area contributed by atoms with Crippen LogP contribution in [0.1, 0.15) is 33.1 Å². The predicted octanol–water partition coefficient (Wildman–Crippen LogP) is 1.13. The van der Waals surface area contributed by atoms with E-state index in [-0.39, 0.29) is 0 Å². The van der Waals surface area contributed by atoms with E-state index in [0.717, 1.165) is 6.42 Å². The SMILES string of the molecule is CC(C)C(O)(CCN)C1CC1. The number of nitrogens with two attached hydrogens (primary N) is 1. The Morgan fingerprint density at radius 1 is 1.55 bits per heavy atom. The van der Waals surface area contributed by atoms with Crippen molar-refractivity contribution in [2.24, 2.45) is 17.6 Å². The van der Waals surface area contributed by atoms with Crippen molar-refractivity contribution in [3.05, 3.63) is 0 Å². The Morgan fingerprint density at radius 3 is 2.36 bits per heavy atom. The van der Waals surface area contributed by atoms with Crippen LogP contribution in [0.4, 0.5) is 0 Å². The van der Waals surface area contributed by atoms with E-state index in [1.54, 1.807) is 0 Å². The summed E-state index contributed by atoms with van der Waals surface area (Å²) in [7, 11) is 0. The molecule has 0 aliphatic heterocycles. The van der Waals surface area contributed by atoms with E-state index in [0.29, 0.717) is 18.4 Å². The Morgan fingerprint density at radius 2 is 2.09 bits per heavy atom. The minimum atomic E-state index is -0.464. The average Bonchev–Trinajstić information content (AvgIpc) is 2.68. The van der Waals surface area contributed by atoms with E-state index in [9.17, 15) is 5.11 Å². The summed E-state index contributed by atoms with van der Waals surface area (Å²) in [5, 5.41) is 10.1. The molecular weight excluding hydrogens is 138 g/mol. The van der Waals surface area contributed by atoms with Gasteiger partial charge in [0.05, 0.1) is 5.60 Å². The standard InChI is InChI=1S/C9H19NO/c1-7(2)9(11,5-6-10)8-3-4-8/h7-8,11H,3-6,10H2,1-2H3. The van der Waals surface area contributed by atoms with Crippen LogP contribution in [0.5, 0.6) is 0 Å². The van der Waals surface area contributed by atoms with Gasteiger partial charge in [0.15, 0.2) is 0 Å². The van der Waals surface area contributed by atoms with E-state index < -0.39 is 5.60 Å². The van der Waals surface area contributed by atoms with Crippen LogP contribution in [-0.4, -0.2) is 17.3 Å².